The van der Waals surface area contributed by atoms with Gasteiger partial charge in [-0.05, 0) is 38.2 Å². The molecule has 2 heterocycles. The second-order valence-electron chi connectivity index (χ2n) is 4.58. The van der Waals surface area contributed by atoms with Crippen LogP contribution in [0.15, 0.2) is 34.7 Å². The number of hydrogen-bond acceptors (Lipinski definition) is 4. The van der Waals surface area contributed by atoms with Gasteiger partial charge in [0.05, 0.1) is 17.8 Å². The van der Waals surface area contributed by atoms with E-state index in [4.69, 9.17) is 16.6 Å². The van der Waals surface area contributed by atoms with Crippen molar-refractivity contribution in [3.8, 4) is 5.69 Å². The predicted molar refractivity (Wildman–Crippen MR) is 77.5 cm³/mol. The first-order chi connectivity index (χ1) is 9.65. The molecule has 0 spiro atoms. The number of H-pyrrole nitrogens is 1. The minimum atomic E-state index is 0.297. The number of rotatable bonds is 3. The highest BCUT2D eigenvalue weighted by Gasteiger charge is 2.15. The third-order valence-corrected chi connectivity index (χ3v) is 3.43. The van der Waals surface area contributed by atoms with Crippen LogP contribution in [0, 0.1) is 18.7 Å². The van der Waals surface area contributed by atoms with Gasteiger partial charge in [0, 0.05) is 11.3 Å². The number of nitrogens with one attached hydrogen (secondary N) is 1. The lowest BCUT2D eigenvalue weighted by atomic mass is 10.1. The normalized spacial score (nSPS) is 10.9. The highest BCUT2D eigenvalue weighted by molar-refractivity contribution is 7.71. The molecular weight excluding hydrogens is 272 g/mol. The molecule has 0 radical (unpaired) electrons. The third-order valence-electron chi connectivity index (χ3n) is 3.25. The van der Waals surface area contributed by atoms with Gasteiger partial charge in [-0.2, -0.15) is 5.10 Å². The second kappa shape index (κ2) is 5.05. The number of benzene rings is 1. The van der Waals surface area contributed by atoms with E-state index in [1.807, 2.05) is 48.9 Å². The number of aromatic nitrogens is 4. The quantitative estimate of drug-likeness (QED) is 0.751. The van der Waals surface area contributed by atoms with Crippen LogP contribution in [0.2, 0.25) is 0 Å². The maximum absolute atomic E-state index is 5.32. The largest absolute Gasteiger partial charge is 0.414 e. The van der Waals surface area contributed by atoms with Gasteiger partial charge in [0.15, 0.2) is 0 Å². The highest BCUT2D eigenvalue weighted by Crippen LogP contribution is 2.20. The Balaban J connectivity index is 2.01. The Bertz CT molecular complexity index is 785. The van der Waals surface area contributed by atoms with Crippen LogP contribution in [0.4, 0.5) is 0 Å². The van der Waals surface area contributed by atoms with E-state index in [9.17, 15) is 0 Å². The van der Waals surface area contributed by atoms with Crippen molar-refractivity contribution in [1.29, 1.82) is 0 Å². The zero-order valence-corrected chi connectivity index (χ0v) is 12.1. The highest BCUT2D eigenvalue weighted by atomic mass is 32.1. The lowest BCUT2D eigenvalue weighted by molar-refractivity contribution is 0.491. The molecule has 0 atom stereocenters. The summed E-state index contributed by atoms with van der Waals surface area (Å²) in [5, 5.41) is 11.3. The summed E-state index contributed by atoms with van der Waals surface area (Å²) in [5.41, 5.74) is 4.20. The van der Waals surface area contributed by atoms with Crippen molar-refractivity contribution in [2.75, 3.05) is 0 Å². The van der Waals surface area contributed by atoms with Crippen LogP contribution in [0.3, 0.4) is 0 Å². The number of aryl methyl sites for hydroxylation is 1. The molecule has 0 saturated heterocycles. The minimum absolute atomic E-state index is 0.297. The Kier molecular flexibility index (Phi) is 3.23. The van der Waals surface area contributed by atoms with Crippen LogP contribution >= 0.6 is 12.2 Å². The van der Waals surface area contributed by atoms with Crippen molar-refractivity contribution in [3.63, 3.8) is 0 Å². The third kappa shape index (κ3) is 2.30. The maximum Gasteiger partial charge on any atom is 0.284 e. The van der Waals surface area contributed by atoms with Crippen LogP contribution in [-0.4, -0.2) is 20.0 Å². The summed E-state index contributed by atoms with van der Waals surface area (Å²) in [6.45, 7) is 4.03. The average molecular weight is 286 g/mol. The molecule has 0 amide bonds. The molecule has 1 N–H and O–H groups in total. The number of para-hydroxylation sites is 1. The Morgan fingerprint density at radius 2 is 2.00 bits per heavy atom. The van der Waals surface area contributed by atoms with Gasteiger partial charge in [0.25, 0.3) is 4.84 Å². The van der Waals surface area contributed by atoms with Crippen LogP contribution in [0.1, 0.15) is 22.8 Å². The monoisotopic (exact) mass is 286 g/mol. The van der Waals surface area contributed by atoms with Crippen molar-refractivity contribution in [3.05, 3.63) is 58.0 Å². The average Bonchev–Trinajstić information content (AvgIpc) is 2.98. The SMILES string of the molecule is Cc1nn(-c2ccccc2)c(C)c1Cc1n[nH]c(=S)o1. The molecule has 6 heteroatoms. The Labute approximate surface area is 121 Å². The Hall–Kier alpha value is -2.21. The lowest BCUT2D eigenvalue weighted by Gasteiger charge is -2.04. The molecule has 3 aromatic rings. The topological polar surface area (TPSA) is 59.6 Å². The summed E-state index contributed by atoms with van der Waals surface area (Å²) in [4.78, 5) is 0.297. The van der Waals surface area contributed by atoms with Gasteiger partial charge in [0.1, 0.15) is 0 Å². The van der Waals surface area contributed by atoms with Gasteiger partial charge in [-0.1, -0.05) is 18.2 Å². The van der Waals surface area contributed by atoms with E-state index < -0.39 is 0 Å². The number of hydrogen-bond donors (Lipinski definition) is 1. The summed E-state index contributed by atoms with van der Waals surface area (Å²) >= 11 is 4.89. The molecule has 5 nitrogen and oxygen atoms in total. The van der Waals surface area contributed by atoms with Crippen molar-refractivity contribution < 1.29 is 4.42 Å². The van der Waals surface area contributed by atoms with Gasteiger partial charge < -0.3 is 4.42 Å². The van der Waals surface area contributed by atoms with Crippen molar-refractivity contribution in [2.45, 2.75) is 20.3 Å². The smallest absolute Gasteiger partial charge is 0.284 e. The fourth-order valence-corrected chi connectivity index (χ4v) is 2.38. The first-order valence-electron chi connectivity index (χ1n) is 6.30. The van der Waals surface area contributed by atoms with Crippen LogP contribution in [0.25, 0.3) is 5.69 Å². The molecule has 3 rings (SSSR count). The summed E-state index contributed by atoms with van der Waals surface area (Å²) < 4.78 is 7.26. The van der Waals surface area contributed by atoms with Gasteiger partial charge in [0.2, 0.25) is 5.89 Å². The summed E-state index contributed by atoms with van der Waals surface area (Å²) in [5.74, 6) is 0.578. The predicted octanol–water partition coefficient (Wildman–Crippen LogP) is 3.13. The lowest BCUT2D eigenvalue weighted by Crippen LogP contribution is -1.99. The second-order valence-corrected chi connectivity index (χ2v) is 4.95. The molecule has 20 heavy (non-hydrogen) atoms. The van der Waals surface area contributed by atoms with E-state index >= 15 is 0 Å². The molecule has 0 unspecified atom stereocenters. The fourth-order valence-electron chi connectivity index (χ4n) is 2.24. The number of nitrogens with zero attached hydrogens (tertiary/aromatic N) is 3. The van der Waals surface area contributed by atoms with Crippen molar-refractivity contribution >= 4 is 12.2 Å². The van der Waals surface area contributed by atoms with Crippen molar-refractivity contribution in [1.82, 2.24) is 20.0 Å². The van der Waals surface area contributed by atoms with Crippen LogP contribution in [0.5, 0.6) is 0 Å². The number of aromatic amines is 1. The maximum atomic E-state index is 5.32. The first-order valence-corrected chi connectivity index (χ1v) is 6.71. The van der Waals surface area contributed by atoms with Gasteiger partial charge in [-0.3, -0.25) is 0 Å². The van der Waals surface area contributed by atoms with Crippen molar-refractivity contribution in [2.24, 2.45) is 0 Å². The van der Waals surface area contributed by atoms with Gasteiger partial charge >= 0.3 is 0 Å². The molecule has 0 aliphatic heterocycles. The van der Waals surface area contributed by atoms with Gasteiger partial charge in [-0.15, -0.1) is 5.10 Å². The van der Waals surface area contributed by atoms with E-state index in [1.165, 1.54) is 0 Å². The van der Waals surface area contributed by atoms with E-state index in [1.54, 1.807) is 0 Å². The van der Waals surface area contributed by atoms with E-state index in [0.29, 0.717) is 17.1 Å². The summed E-state index contributed by atoms with van der Waals surface area (Å²) in [6, 6.07) is 10.0. The molecular formula is C14H14N4OS. The van der Waals surface area contributed by atoms with Gasteiger partial charge in [-0.25, -0.2) is 9.78 Å². The standard InChI is InChI=1S/C14H14N4OS/c1-9-12(8-13-15-16-14(20)19-13)10(2)18(17-9)11-6-4-3-5-7-11/h3-7H,8H2,1-2H3,(H,16,20). The van der Waals surface area contributed by atoms with E-state index in [0.717, 1.165) is 22.6 Å². The zero-order chi connectivity index (χ0) is 14.1. The van der Waals surface area contributed by atoms with E-state index in [2.05, 4.69) is 15.3 Å². The molecule has 102 valence electrons. The summed E-state index contributed by atoms with van der Waals surface area (Å²) in [7, 11) is 0. The zero-order valence-electron chi connectivity index (χ0n) is 11.3. The van der Waals surface area contributed by atoms with Crippen LogP contribution < -0.4 is 0 Å². The molecule has 0 bridgehead atoms. The van der Waals surface area contributed by atoms with E-state index in [-0.39, 0.29) is 0 Å². The molecule has 0 aliphatic carbocycles. The molecule has 0 saturated carbocycles. The molecule has 1 aromatic carbocycles. The van der Waals surface area contributed by atoms with Crippen LogP contribution in [-0.2, 0) is 6.42 Å². The Morgan fingerprint density at radius 1 is 1.25 bits per heavy atom. The Morgan fingerprint density at radius 3 is 2.65 bits per heavy atom. The fraction of sp³-hybridized carbons (Fsp3) is 0.214. The molecule has 0 fully saturated rings. The first kappa shape index (κ1) is 12.8. The molecule has 2 aromatic heterocycles. The molecule has 0 aliphatic rings. The minimum Gasteiger partial charge on any atom is -0.414 e. The summed E-state index contributed by atoms with van der Waals surface area (Å²) in [6.07, 6.45) is 0.581.